The summed E-state index contributed by atoms with van der Waals surface area (Å²) < 4.78 is 20.7. The maximum Gasteiger partial charge on any atom is 0.313 e. The Hall–Kier alpha value is -1.76. The van der Waals surface area contributed by atoms with Gasteiger partial charge in [0, 0.05) is 18.2 Å². The first-order valence-electron chi connectivity index (χ1n) is 6.20. The summed E-state index contributed by atoms with van der Waals surface area (Å²) in [5, 5.41) is 9.41. The average molecular weight is 296 g/mol. The van der Waals surface area contributed by atoms with E-state index in [0.717, 1.165) is 30.1 Å². The minimum atomic E-state index is -0.895. The van der Waals surface area contributed by atoms with E-state index in [1.54, 1.807) is 6.07 Å². The molecule has 1 heterocycles. The Morgan fingerprint density at radius 1 is 1.60 bits per heavy atom. The molecule has 1 aromatic heterocycles. The van der Waals surface area contributed by atoms with Crippen LogP contribution in [0.1, 0.15) is 18.9 Å². The molecular formula is C13H13FN2O3S. The maximum atomic E-state index is 13.7. The lowest BCUT2D eigenvalue weighted by Gasteiger charge is -2.07. The Labute approximate surface area is 118 Å². The van der Waals surface area contributed by atoms with Crippen molar-refractivity contribution in [3.05, 3.63) is 17.9 Å². The zero-order chi connectivity index (χ0) is 14.3. The van der Waals surface area contributed by atoms with Crippen molar-refractivity contribution in [3.8, 4) is 5.75 Å². The van der Waals surface area contributed by atoms with Gasteiger partial charge in [-0.25, -0.2) is 9.37 Å². The van der Waals surface area contributed by atoms with Crippen molar-refractivity contribution in [3.63, 3.8) is 0 Å². The van der Waals surface area contributed by atoms with Crippen molar-refractivity contribution in [1.82, 2.24) is 9.55 Å². The van der Waals surface area contributed by atoms with E-state index >= 15 is 0 Å². The van der Waals surface area contributed by atoms with Crippen molar-refractivity contribution in [2.24, 2.45) is 0 Å². The topological polar surface area (TPSA) is 64.3 Å². The zero-order valence-corrected chi connectivity index (χ0v) is 11.6. The van der Waals surface area contributed by atoms with Crippen molar-refractivity contribution >= 4 is 28.8 Å². The van der Waals surface area contributed by atoms with Gasteiger partial charge in [0.15, 0.2) is 16.7 Å². The normalized spacial score (nSPS) is 14.7. The first kappa shape index (κ1) is 13.2. The van der Waals surface area contributed by atoms with E-state index in [4.69, 9.17) is 9.84 Å². The van der Waals surface area contributed by atoms with Crippen LogP contribution in [0.3, 0.4) is 0 Å². The lowest BCUT2D eigenvalue weighted by Crippen LogP contribution is -2.02. The number of ether oxygens (including phenoxy) is 1. The fourth-order valence-corrected chi connectivity index (χ4v) is 2.95. The number of carboxylic acids is 1. The van der Waals surface area contributed by atoms with Gasteiger partial charge in [0.25, 0.3) is 0 Å². The monoisotopic (exact) mass is 296 g/mol. The number of imidazole rings is 1. The second-order valence-corrected chi connectivity index (χ2v) is 5.60. The third kappa shape index (κ3) is 2.33. The molecule has 0 saturated heterocycles. The number of aliphatic carboxylic acids is 1. The molecule has 1 N–H and O–H groups in total. The fraction of sp³-hybridized carbons (Fsp3) is 0.385. The van der Waals surface area contributed by atoms with Gasteiger partial charge in [-0.1, -0.05) is 11.8 Å². The van der Waals surface area contributed by atoms with E-state index in [1.165, 1.54) is 13.2 Å². The summed E-state index contributed by atoms with van der Waals surface area (Å²) in [6.07, 6.45) is 2.07. The molecule has 20 heavy (non-hydrogen) atoms. The van der Waals surface area contributed by atoms with Gasteiger partial charge < -0.3 is 14.4 Å². The third-order valence-corrected chi connectivity index (χ3v) is 4.10. The van der Waals surface area contributed by atoms with Gasteiger partial charge in [-0.2, -0.15) is 0 Å². The molecule has 1 aliphatic carbocycles. The number of methoxy groups -OCH3 is 1. The van der Waals surface area contributed by atoms with Crippen LogP contribution in [0.15, 0.2) is 17.3 Å². The predicted octanol–water partition coefficient (Wildman–Crippen LogP) is 2.70. The highest BCUT2D eigenvalue weighted by Crippen LogP contribution is 2.42. The van der Waals surface area contributed by atoms with Crippen molar-refractivity contribution < 1.29 is 19.0 Å². The van der Waals surface area contributed by atoms with E-state index < -0.39 is 11.8 Å². The maximum absolute atomic E-state index is 13.7. The van der Waals surface area contributed by atoms with E-state index in [-0.39, 0.29) is 11.5 Å². The summed E-state index contributed by atoms with van der Waals surface area (Å²) in [6, 6.07) is 3.28. The van der Waals surface area contributed by atoms with Crippen molar-refractivity contribution in [2.45, 2.75) is 24.0 Å². The number of rotatable bonds is 5. The van der Waals surface area contributed by atoms with Crippen LogP contribution >= 0.6 is 11.8 Å². The summed E-state index contributed by atoms with van der Waals surface area (Å²) in [4.78, 5) is 15.1. The van der Waals surface area contributed by atoms with Crippen LogP contribution in [0, 0.1) is 5.82 Å². The third-order valence-electron chi connectivity index (χ3n) is 3.17. The summed E-state index contributed by atoms with van der Waals surface area (Å²) >= 11 is 1.16. The van der Waals surface area contributed by atoms with E-state index in [1.807, 2.05) is 4.57 Å². The van der Waals surface area contributed by atoms with Crippen molar-refractivity contribution in [2.75, 3.05) is 12.9 Å². The van der Waals surface area contributed by atoms with Crippen LogP contribution in [0.4, 0.5) is 4.39 Å². The van der Waals surface area contributed by atoms with Gasteiger partial charge in [0.2, 0.25) is 0 Å². The Balaban J connectivity index is 2.09. The van der Waals surface area contributed by atoms with Gasteiger partial charge in [-0.3, -0.25) is 4.79 Å². The molecule has 0 aliphatic heterocycles. The molecular weight excluding hydrogens is 283 g/mol. The largest absolute Gasteiger partial charge is 0.494 e. The van der Waals surface area contributed by atoms with Crippen LogP contribution in [0.5, 0.6) is 5.75 Å². The number of halogens is 1. The number of benzene rings is 1. The Bertz CT molecular complexity index is 682. The van der Waals surface area contributed by atoms with Gasteiger partial charge in [0.1, 0.15) is 0 Å². The molecule has 1 saturated carbocycles. The molecule has 5 nitrogen and oxygen atoms in total. The number of nitrogens with zero attached hydrogens (tertiary/aromatic N) is 2. The molecule has 0 radical (unpaired) electrons. The molecule has 0 amide bonds. The molecule has 3 rings (SSSR count). The Kier molecular flexibility index (Phi) is 3.29. The molecule has 1 aromatic carbocycles. The van der Waals surface area contributed by atoms with E-state index in [2.05, 4.69) is 4.98 Å². The lowest BCUT2D eigenvalue weighted by atomic mass is 10.3. The van der Waals surface area contributed by atoms with Crippen molar-refractivity contribution in [1.29, 1.82) is 0 Å². The molecule has 0 unspecified atom stereocenters. The molecule has 0 bridgehead atoms. The average Bonchev–Trinajstić information content (AvgIpc) is 3.17. The number of hydrogen-bond donors (Lipinski definition) is 1. The molecule has 7 heteroatoms. The summed E-state index contributed by atoms with van der Waals surface area (Å²) in [6.45, 7) is 0. The smallest absolute Gasteiger partial charge is 0.313 e. The fourth-order valence-electron chi connectivity index (χ4n) is 2.14. The number of aromatic nitrogens is 2. The van der Waals surface area contributed by atoms with Gasteiger partial charge in [0.05, 0.1) is 23.9 Å². The molecule has 0 spiro atoms. The molecule has 1 fully saturated rings. The van der Waals surface area contributed by atoms with Crippen LogP contribution < -0.4 is 4.74 Å². The predicted molar refractivity (Wildman–Crippen MR) is 72.9 cm³/mol. The van der Waals surface area contributed by atoms with Crippen LogP contribution in [-0.4, -0.2) is 33.5 Å². The number of fused-ring (bicyclic) bond motifs is 1. The van der Waals surface area contributed by atoms with Gasteiger partial charge in [-0.05, 0) is 12.8 Å². The molecule has 1 aliphatic rings. The van der Waals surface area contributed by atoms with Gasteiger partial charge in [-0.15, -0.1) is 0 Å². The number of carbonyl (C=O) groups is 1. The minimum Gasteiger partial charge on any atom is -0.494 e. The second-order valence-electron chi connectivity index (χ2n) is 4.65. The Morgan fingerprint density at radius 3 is 2.95 bits per heavy atom. The van der Waals surface area contributed by atoms with Gasteiger partial charge >= 0.3 is 5.97 Å². The number of hydrogen-bond acceptors (Lipinski definition) is 4. The van der Waals surface area contributed by atoms with E-state index in [0.29, 0.717) is 16.7 Å². The SMILES string of the molecule is COc1cc2c(cc1F)nc(SCC(=O)O)n2C1CC1. The molecule has 2 aromatic rings. The number of carboxylic acid groups (broad SMARTS) is 1. The summed E-state index contributed by atoms with van der Waals surface area (Å²) in [5.74, 6) is -1.24. The summed E-state index contributed by atoms with van der Waals surface area (Å²) in [5.41, 5.74) is 1.32. The highest BCUT2D eigenvalue weighted by Gasteiger charge is 2.29. The highest BCUT2D eigenvalue weighted by atomic mass is 32.2. The highest BCUT2D eigenvalue weighted by molar-refractivity contribution is 7.99. The molecule has 0 atom stereocenters. The molecule has 106 valence electrons. The van der Waals surface area contributed by atoms with Crippen LogP contribution in [0.25, 0.3) is 11.0 Å². The second kappa shape index (κ2) is 4.97. The van der Waals surface area contributed by atoms with Crippen LogP contribution in [-0.2, 0) is 4.79 Å². The standard InChI is InChI=1S/C13H13FN2O3S/c1-19-11-5-10-9(4-8(11)14)15-13(20-6-12(17)18)16(10)7-2-3-7/h4-5,7H,2-3,6H2,1H3,(H,17,18). The zero-order valence-electron chi connectivity index (χ0n) is 10.8. The quantitative estimate of drug-likeness (QED) is 0.859. The number of thioether (sulfide) groups is 1. The Morgan fingerprint density at radius 2 is 2.35 bits per heavy atom. The van der Waals surface area contributed by atoms with E-state index in [9.17, 15) is 9.18 Å². The lowest BCUT2D eigenvalue weighted by molar-refractivity contribution is -0.133. The first-order valence-corrected chi connectivity index (χ1v) is 7.18. The first-order chi connectivity index (χ1) is 9.60. The minimum absolute atomic E-state index is 0.0599. The van der Waals surface area contributed by atoms with Crippen LogP contribution in [0.2, 0.25) is 0 Å². The summed E-state index contributed by atoms with van der Waals surface area (Å²) in [7, 11) is 1.42.